The average Bonchev–Trinajstić information content (AvgIpc) is 2.99. The number of aromatic nitrogens is 2. The number of carbonyl (C=O) groups excluding carboxylic acids is 2. The third kappa shape index (κ3) is 3.31. The SMILES string of the molecule is Cc1nc2ccc(NC(=O)CC[C@@H]3Cc4ccccc4NC3=O)cc2[nH]1. The Balaban J connectivity index is 1.37. The average molecular weight is 348 g/mol. The molecule has 2 amide bonds. The van der Waals surface area contributed by atoms with E-state index in [2.05, 4.69) is 20.6 Å². The molecule has 0 bridgehead atoms. The quantitative estimate of drug-likeness (QED) is 0.675. The number of hydrogen-bond donors (Lipinski definition) is 3. The van der Waals surface area contributed by atoms with Crippen molar-refractivity contribution in [2.24, 2.45) is 5.92 Å². The van der Waals surface area contributed by atoms with Gasteiger partial charge in [0.25, 0.3) is 0 Å². The molecule has 0 unspecified atom stereocenters. The zero-order chi connectivity index (χ0) is 18.1. The van der Waals surface area contributed by atoms with Crippen LogP contribution in [0, 0.1) is 12.8 Å². The molecule has 2 heterocycles. The lowest BCUT2D eigenvalue weighted by Crippen LogP contribution is -2.30. The highest BCUT2D eigenvalue weighted by atomic mass is 16.2. The summed E-state index contributed by atoms with van der Waals surface area (Å²) in [5.41, 5.74) is 4.49. The van der Waals surface area contributed by atoms with Crippen molar-refractivity contribution < 1.29 is 9.59 Å². The van der Waals surface area contributed by atoms with E-state index in [4.69, 9.17) is 0 Å². The number of aryl methyl sites for hydroxylation is 1. The number of rotatable bonds is 4. The maximum Gasteiger partial charge on any atom is 0.227 e. The van der Waals surface area contributed by atoms with Crippen LogP contribution in [-0.4, -0.2) is 21.8 Å². The van der Waals surface area contributed by atoms with Crippen LogP contribution in [-0.2, 0) is 16.0 Å². The van der Waals surface area contributed by atoms with Crippen molar-refractivity contribution in [2.75, 3.05) is 10.6 Å². The highest BCUT2D eigenvalue weighted by Gasteiger charge is 2.26. The lowest BCUT2D eigenvalue weighted by molar-refractivity contribution is -0.121. The molecule has 1 aromatic heterocycles. The summed E-state index contributed by atoms with van der Waals surface area (Å²) in [7, 11) is 0. The van der Waals surface area contributed by atoms with Crippen LogP contribution in [0.5, 0.6) is 0 Å². The first-order valence-electron chi connectivity index (χ1n) is 8.73. The van der Waals surface area contributed by atoms with Crippen molar-refractivity contribution in [1.82, 2.24) is 9.97 Å². The molecule has 132 valence electrons. The van der Waals surface area contributed by atoms with Crippen molar-refractivity contribution in [1.29, 1.82) is 0 Å². The molecule has 0 saturated heterocycles. The summed E-state index contributed by atoms with van der Waals surface area (Å²) < 4.78 is 0. The molecule has 6 heteroatoms. The Labute approximate surface area is 151 Å². The maximum absolute atomic E-state index is 12.3. The smallest absolute Gasteiger partial charge is 0.227 e. The number of anilines is 2. The standard InChI is InChI=1S/C20H20N4O2/c1-12-21-17-8-7-15(11-18(17)22-12)23-19(25)9-6-14-10-13-4-2-3-5-16(13)24-20(14)26/h2-5,7-8,11,14H,6,9-10H2,1H3,(H,21,22)(H,23,25)(H,24,26)/t14-/m1/s1. The van der Waals surface area contributed by atoms with Crippen LogP contribution in [0.25, 0.3) is 11.0 Å². The Hall–Kier alpha value is -3.15. The molecule has 26 heavy (non-hydrogen) atoms. The van der Waals surface area contributed by atoms with Gasteiger partial charge in [0, 0.05) is 23.7 Å². The molecule has 1 atom stereocenters. The highest BCUT2D eigenvalue weighted by Crippen LogP contribution is 2.27. The summed E-state index contributed by atoms with van der Waals surface area (Å²) in [6, 6.07) is 13.4. The Morgan fingerprint density at radius 3 is 3.00 bits per heavy atom. The fourth-order valence-electron chi connectivity index (χ4n) is 3.39. The van der Waals surface area contributed by atoms with Crippen molar-refractivity contribution in [3.63, 3.8) is 0 Å². The van der Waals surface area contributed by atoms with Gasteiger partial charge in [0.1, 0.15) is 5.82 Å². The molecular formula is C20H20N4O2. The predicted molar refractivity (Wildman–Crippen MR) is 101 cm³/mol. The Bertz CT molecular complexity index is 992. The van der Waals surface area contributed by atoms with Crippen molar-refractivity contribution in [2.45, 2.75) is 26.2 Å². The minimum atomic E-state index is -0.173. The molecule has 1 aliphatic heterocycles. The summed E-state index contributed by atoms with van der Waals surface area (Å²) in [5.74, 6) is 0.568. The predicted octanol–water partition coefficient (Wildman–Crippen LogP) is 3.40. The van der Waals surface area contributed by atoms with Gasteiger partial charge in [-0.25, -0.2) is 4.98 Å². The van der Waals surface area contributed by atoms with Crippen LogP contribution in [0.4, 0.5) is 11.4 Å². The maximum atomic E-state index is 12.3. The molecule has 0 radical (unpaired) electrons. The molecular weight excluding hydrogens is 328 g/mol. The second kappa shape index (κ2) is 6.63. The largest absolute Gasteiger partial charge is 0.342 e. The van der Waals surface area contributed by atoms with Crippen molar-refractivity contribution in [3.8, 4) is 0 Å². The van der Waals surface area contributed by atoms with E-state index in [9.17, 15) is 9.59 Å². The van der Waals surface area contributed by atoms with Gasteiger partial charge in [-0.2, -0.15) is 0 Å². The molecule has 4 rings (SSSR count). The lowest BCUT2D eigenvalue weighted by Gasteiger charge is -2.24. The lowest BCUT2D eigenvalue weighted by atomic mass is 9.89. The molecule has 0 aliphatic carbocycles. The van der Waals surface area contributed by atoms with E-state index in [0.717, 1.165) is 33.8 Å². The Kier molecular flexibility index (Phi) is 4.16. The number of hydrogen-bond acceptors (Lipinski definition) is 3. The summed E-state index contributed by atoms with van der Waals surface area (Å²) in [4.78, 5) is 32.0. The van der Waals surface area contributed by atoms with E-state index in [1.807, 2.05) is 49.4 Å². The van der Waals surface area contributed by atoms with Crippen LogP contribution in [0.15, 0.2) is 42.5 Å². The number of imidazole rings is 1. The number of para-hydroxylation sites is 1. The normalized spacial score (nSPS) is 16.2. The molecule has 3 aromatic rings. The molecule has 0 spiro atoms. The van der Waals surface area contributed by atoms with E-state index in [1.165, 1.54) is 0 Å². The van der Waals surface area contributed by atoms with Gasteiger partial charge < -0.3 is 15.6 Å². The fraction of sp³-hybridized carbons (Fsp3) is 0.250. The molecule has 3 N–H and O–H groups in total. The first-order chi connectivity index (χ1) is 12.6. The van der Waals surface area contributed by atoms with Crippen LogP contribution in [0.2, 0.25) is 0 Å². The number of benzene rings is 2. The number of carbonyl (C=O) groups is 2. The van der Waals surface area contributed by atoms with Gasteiger partial charge in [0.15, 0.2) is 0 Å². The monoisotopic (exact) mass is 348 g/mol. The van der Waals surface area contributed by atoms with Crippen LogP contribution >= 0.6 is 0 Å². The molecule has 0 saturated carbocycles. The van der Waals surface area contributed by atoms with Crippen molar-refractivity contribution in [3.05, 3.63) is 53.9 Å². The number of nitrogens with zero attached hydrogens (tertiary/aromatic N) is 1. The molecule has 2 aromatic carbocycles. The first kappa shape index (κ1) is 16.3. The van der Waals surface area contributed by atoms with E-state index in [1.54, 1.807) is 0 Å². The number of amides is 2. The van der Waals surface area contributed by atoms with Gasteiger partial charge in [0.05, 0.1) is 11.0 Å². The first-order valence-corrected chi connectivity index (χ1v) is 8.73. The minimum Gasteiger partial charge on any atom is -0.342 e. The third-order valence-electron chi connectivity index (χ3n) is 4.72. The van der Waals surface area contributed by atoms with Crippen LogP contribution in [0.3, 0.4) is 0 Å². The Morgan fingerprint density at radius 1 is 1.27 bits per heavy atom. The molecule has 0 fully saturated rings. The summed E-state index contributed by atoms with van der Waals surface area (Å²) in [5, 5.41) is 5.82. The van der Waals surface area contributed by atoms with E-state index in [-0.39, 0.29) is 17.7 Å². The van der Waals surface area contributed by atoms with Crippen LogP contribution in [0.1, 0.15) is 24.2 Å². The second-order valence-corrected chi connectivity index (χ2v) is 6.69. The number of fused-ring (bicyclic) bond motifs is 2. The highest BCUT2D eigenvalue weighted by molar-refractivity contribution is 5.97. The van der Waals surface area contributed by atoms with E-state index >= 15 is 0 Å². The zero-order valence-electron chi connectivity index (χ0n) is 14.5. The van der Waals surface area contributed by atoms with E-state index in [0.29, 0.717) is 19.3 Å². The number of aromatic amines is 1. The third-order valence-corrected chi connectivity index (χ3v) is 4.72. The van der Waals surface area contributed by atoms with Gasteiger partial charge in [-0.1, -0.05) is 18.2 Å². The second-order valence-electron chi connectivity index (χ2n) is 6.69. The summed E-state index contributed by atoms with van der Waals surface area (Å²) >= 11 is 0. The van der Waals surface area contributed by atoms with E-state index < -0.39 is 0 Å². The van der Waals surface area contributed by atoms with Gasteiger partial charge in [-0.15, -0.1) is 0 Å². The topological polar surface area (TPSA) is 86.9 Å². The molecule has 6 nitrogen and oxygen atoms in total. The summed E-state index contributed by atoms with van der Waals surface area (Å²) in [6.07, 6.45) is 1.51. The summed E-state index contributed by atoms with van der Waals surface area (Å²) in [6.45, 7) is 1.89. The Morgan fingerprint density at radius 2 is 2.12 bits per heavy atom. The minimum absolute atomic E-state index is 0.00847. The van der Waals surface area contributed by atoms with Crippen molar-refractivity contribution >= 4 is 34.2 Å². The zero-order valence-corrected chi connectivity index (χ0v) is 14.5. The van der Waals surface area contributed by atoms with Crippen LogP contribution < -0.4 is 10.6 Å². The van der Waals surface area contributed by atoms with Gasteiger partial charge >= 0.3 is 0 Å². The fourth-order valence-corrected chi connectivity index (χ4v) is 3.39. The van der Waals surface area contributed by atoms with Gasteiger partial charge in [-0.3, -0.25) is 9.59 Å². The number of nitrogens with one attached hydrogen (secondary N) is 3. The van der Waals surface area contributed by atoms with Gasteiger partial charge in [-0.05, 0) is 49.6 Å². The number of H-pyrrole nitrogens is 1. The van der Waals surface area contributed by atoms with Gasteiger partial charge in [0.2, 0.25) is 11.8 Å². The molecule has 1 aliphatic rings.